The molecule has 0 aliphatic rings. The van der Waals surface area contributed by atoms with Gasteiger partial charge in [-0.25, -0.2) is 36.7 Å². The summed E-state index contributed by atoms with van der Waals surface area (Å²) >= 11 is 0. The van der Waals surface area contributed by atoms with Crippen LogP contribution in [0.1, 0.15) is 11.6 Å². The molecular weight excluding hydrogens is 669 g/mol. The van der Waals surface area contributed by atoms with Crippen LogP contribution in [-0.4, -0.2) is 43.6 Å². The van der Waals surface area contributed by atoms with E-state index in [0.29, 0.717) is 46.2 Å². The van der Waals surface area contributed by atoms with Crippen LogP contribution in [-0.2, 0) is 47.5 Å². The van der Waals surface area contributed by atoms with Crippen molar-refractivity contribution in [1.29, 1.82) is 0 Å². The monoisotopic (exact) mass is 706 g/mol. The number of methoxy groups -OCH3 is 2. The second kappa shape index (κ2) is 14.7. The maximum absolute atomic E-state index is 13.5. The van der Waals surface area contributed by atoms with Crippen molar-refractivity contribution in [3.05, 3.63) is 133 Å². The van der Waals surface area contributed by atoms with E-state index in [0.717, 1.165) is 11.6 Å². The van der Waals surface area contributed by atoms with Crippen LogP contribution in [0.4, 0.5) is 11.4 Å². The fraction of sp³-hybridized carbons (Fsp3) is 0.158. The summed E-state index contributed by atoms with van der Waals surface area (Å²) in [6, 6.07) is 27.0. The van der Waals surface area contributed by atoms with E-state index in [-0.39, 0.29) is 9.79 Å². The number of aromatic nitrogens is 4. The van der Waals surface area contributed by atoms with Crippen molar-refractivity contribution in [2.45, 2.75) is 9.79 Å². The van der Waals surface area contributed by atoms with Crippen LogP contribution in [0, 0.1) is 0 Å². The second-order valence-electron chi connectivity index (χ2n) is 11.6. The van der Waals surface area contributed by atoms with Gasteiger partial charge in [-0.1, -0.05) is 12.1 Å². The minimum Gasteiger partial charge on any atom is -0.475 e. The highest BCUT2D eigenvalue weighted by Crippen LogP contribution is 2.31. The number of hydrogen-bond donors (Lipinski definition) is 0. The van der Waals surface area contributed by atoms with Crippen molar-refractivity contribution < 1.29 is 36.5 Å². The molecule has 0 atom stereocenters. The van der Waals surface area contributed by atoms with Crippen molar-refractivity contribution >= 4 is 33.0 Å². The standard InChI is InChI=1S/C38H38N6O6S/c1-41-21-22-42(2)37(41)35(47-5)39-27-9-7-11-31(25-27)49-29-13-17-33(18-14-29)51(45,46)34-19-15-30(16-20-34)50-32-12-8-10-28(26-32)40-36(48-6)38-43(3)23-24-44(38)4/h7-26H,1-6H3/q+2. The molecule has 4 aromatic carbocycles. The van der Waals surface area contributed by atoms with E-state index < -0.39 is 9.84 Å². The molecule has 0 aliphatic heterocycles. The smallest absolute Gasteiger partial charge is 0.344 e. The number of rotatable bonds is 10. The van der Waals surface area contributed by atoms with Crippen LogP contribution in [0.25, 0.3) is 0 Å². The molecule has 0 aliphatic carbocycles. The average molecular weight is 707 g/mol. The number of ether oxygens (including phenoxy) is 4. The second-order valence-corrected chi connectivity index (χ2v) is 13.5. The van der Waals surface area contributed by atoms with E-state index in [1.165, 1.54) is 24.3 Å². The van der Waals surface area contributed by atoms with Crippen LogP contribution >= 0.6 is 0 Å². The molecule has 0 radical (unpaired) electrons. The summed E-state index contributed by atoms with van der Waals surface area (Å²) in [5.41, 5.74) is 1.27. The van der Waals surface area contributed by atoms with Crippen molar-refractivity contribution in [2.75, 3.05) is 14.2 Å². The maximum atomic E-state index is 13.5. The molecule has 2 aromatic heterocycles. The Labute approximate surface area is 296 Å². The van der Waals surface area contributed by atoms with Gasteiger partial charge in [-0.3, -0.25) is 0 Å². The molecule has 6 rings (SSSR count). The lowest BCUT2D eigenvalue weighted by Gasteiger charge is -2.10. The molecule has 260 valence electrons. The number of benzene rings is 4. The SMILES string of the molecule is COC(=Nc1cccc(Oc2ccc(S(=O)(=O)c3ccc(Oc4cccc(N=C(OC)c5n(C)cc[n+]5C)c4)cc3)cc2)c1)c1n(C)cc[n+]1C. The molecule has 6 aromatic rings. The van der Waals surface area contributed by atoms with Crippen molar-refractivity contribution in [1.82, 2.24) is 9.13 Å². The zero-order valence-corrected chi connectivity index (χ0v) is 29.9. The first-order valence-corrected chi connectivity index (χ1v) is 17.3. The van der Waals surface area contributed by atoms with Crippen molar-refractivity contribution in [3.63, 3.8) is 0 Å². The highest BCUT2D eigenvalue weighted by molar-refractivity contribution is 7.91. The summed E-state index contributed by atoms with van der Waals surface area (Å²) in [5, 5.41) is 0. The largest absolute Gasteiger partial charge is 0.475 e. The lowest BCUT2D eigenvalue weighted by atomic mass is 10.3. The molecule has 0 N–H and O–H groups in total. The normalized spacial score (nSPS) is 12.1. The number of nitrogens with zero attached hydrogens (tertiary/aromatic N) is 6. The third-order valence-electron chi connectivity index (χ3n) is 7.97. The molecule has 0 amide bonds. The number of hydrogen-bond acceptors (Lipinski definition) is 8. The average Bonchev–Trinajstić information content (AvgIpc) is 3.65. The van der Waals surface area contributed by atoms with Gasteiger partial charge < -0.3 is 18.9 Å². The molecule has 51 heavy (non-hydrogen) atoms. The van der Waals surface area contributed by atoms with Crippen molar-refractivity contribution in [2.24, 2.45) is 38.2 Å². The Morgan fingerprint density at radius 2 is 0.980 bits per heavy atom. The van der Waals surface area contributed by atoms with Gasteiger partial charge in [0.25, 0.3) is 0 Å². The van der Waals surface area contributed by atoms with Gasteiger partial charge in [0.15, 0.2) is 0 Å². The molecule has 0 fully saturated rings. The predicted molar refractivity (Wildman–Crippen MR) is 191 cm³/mol. The first-order valence-electron chi connectivity index (χ1n) is 15.8. The van der Waals surface area contributed by atoms with E-state index >= 15 is 0 Å². The Balaban J connectivity index is 1.13. The van der Waals surface area contributed by atoms with Crippen LogP contribution in [0.15, 0.2) is 142 Å². The summed E-state index contributed by atoms with van der Waals surface area (Å²) in [7, 11) is 7.01. The first-order chi connectivity index (χ1) is 24.5. The molecule has 0 bridgehead atoms. The molecular formula is C38H38N6O6S+2. The number of imidazole rings is 2. The summed E-state index contributed by atoms with van der Waals surface area (Å²) in [4.78, 5) is 9.58. The van der Waals surface area contributed by atoms with Gasteiger partial charge in [0.1, 0.15) is 47.8 Å². The van der Waals surface area contributed by atoms with E-state index in [9.17, 15) is 8.42 Å². The van der Waals surface area contributed by atoms with Crippen molar-refractivity contribution in [3.8, 4) is 23.0 Å². The Bertz CT molecular complexity index is 2140. The summed E-state index contributed by atoms with van der Waals surface area (Å²) in [6.45, 7) is 0. The molecule has 13 heteroatoms. The molecule has 0 saturated carbocycles. The third-order valence-corrected chi connectivity index (χ3v) is 9.75. The number of aliphatic imine (C=N–C) groups is 2. The van der Waals surface area contributed by atoms with Gasteiger partial charge in [-0.15, -0.1) is 0 Å². The topological polar surface area (TPSA) is 113 Å². The summed E-state index contributed by atoms with van der Waals surface area (Å²) in [6.07, 6.45) is 7.67. The first kappa shape index (κ1) is 34.6. The lowest BCUT2D eigenvalue weighted by molar-refractivity contribution is -0.672. The minimum absolute atomic E-state index is 0.133. The molecule has 0 saturated heterocycles. The Morgan fingerprint density at radius 3 is 1.31 bits per heavy atom. The Kier molecular flexibility index (Phi) is 10.0. The molecule has 12 nitrogen and oxygen atoms in total. The summed E-state index contributed by atoms with van der Waals surface area (Å²) < 4.78 is 57.8. The quantitative estimate of drug-likeness (QED) is 0.1000. The highest BCUT2D eigenvalue weighted by Gasteiger charge is 2.22. The zero-order valence-electron chi connectivity index (χ0n) is 29.1. The van der Waals surface area contributed by atoms with E-state index in [1.807, 2.05) is 95.5 Å². The molecule has 0 unspecified atom stereocenters. The highest BCUT2D eigenvalue weighted by atomic mass is 32.2. The fourth-order valence-electron chi connectivity index (χ4n) is 5.41. The van der Waals surface area contributed by atoms with E-state index in [4.69, 9.17) is 18.9 Å². The van der Waals surface area contributed by atoms with Gasteiger partial charge in [-0.2, -0.15) is 0 Å². The van der Waals surface area contributed by atoms with Crippen LogP contribution in [0.3, 0.4) is 0 Å². The number of sulfone groups is 1. The van der Waals surface area contributed by atoms with E-state index in [2.05, 4.69) is 9.98 Å². The van der Waals surface area contributed by atoms with Gasteiger partial charge in [0, 0.05) is 12.1 Å². The summed E-state index contributed by atoms with van der Waals surface area (Å²) in [5.74, 6) is 4.52. The minimum atomic E-state index is -3.80. The predicted octanol–water partition coefficient (Wildman–Crippen LogP) is 5.88. The molecule has 0 spiro atoms. The van der Waals surface area contributed by atoms with Gasteiger partial charge in [0.05, 0.1) is 63.6 Å². The fourth-order valence-corrected chi connectivity index (χ4v) is 6.67. The van der Waals surface area contributed by atoms with Crippen LogP contribution in [0.5, 0.6) is 23.0 Å². The maximum Gasteiger partial charge on any atom is 0.344 e. The van der Waals surface area contributed by atoms with Gasteiger partial charge in [-0.05, 0) is 72.8 Å². The van der Waals surface area contributed by atoms with Crippen LogP contribution in [0.2, 0.25) is 0 Å². The number of aryl methyl sites for hydroxylation is 4. The van der Waals surface area contributed by atoms with Gasteiger partial charge >= 0.3 is 23.4 Å². The van der Waals surface area contributed by atoms with E-state index in [1.54, 1.807) is 62.8 Å². The van der Waals surface area contributed by atoms with Gasteiger partial charge in [0.2, 0.25) is 9.84 Å². The molecule has 2 heterocycles. The lowest BCUT2D eigenvalue weighted by Crippen LogP contribution is -2.35. The zero-order chi connectivity index (χ0) is 36.1. The Hall–Kier alpha value is -6.21. The Morgan fingerprint density at radius 1 is 0.588 bits per heavy atom. The van der Waals surface area contributed by atoms with Crippen LogP contribution < -0.4 is 18.6 Å². The third kappa shape index (κ3) is 7.68.